The van der Waals surface area contributed by atoms with Crippen molar-refractivity contribution in [2.75, 3.05) is 0 Å². The van der Waals surface area contributed by atoms with Gasteiger partial charge in [-0.25, -0.2) is 0 Å². The van der Waals surface area contributed by atoms with Gasteiger partial charge in [-0.05, 0) is 79.8 Å². The number of para-hydroxylation sites is 1. The molecule has 1 spiro atoms. The highest BCUT2D eigenvalue weighted by atomic mass is 32.1. The standard InChI is InChI=1S/C49H59N3S2/c1-3-5-7-9-11-14-21-37(22-15-12-10-8-6-4-2)52-42-24-17-16-23-38(42)39-27-26-36(35-43(39)52)44-30-31-46(54-44)41-29-28-40(45-25-20-34-53-45)47-48(41)51-49(50-47)32-18-13-19-33-49/h16-17,20,23-31,34-35,37H,3-15,18-19,21-22,32-33H2,1-2H3. The van der Waals surface area contributed by atoms with Crippen LogP contribution >= 0.6 is 22.7 Å². The molecule has 3 aromatic carbocycles. The minimum Gasteiger partial charge on any atom is -0.337 e. The van der Waals surface area contributed by atoms with Crippen molar-refractivity contribution >= 4 is 44.5 Å². The summed E-state index contributed by atoms with van der Waals surface area (Å²) in [4.78, 5) is 14.8. The number of hydrogen-bond donors (Lipinski definition) is 0. The molecule has 3 aromatic heterocycles. The Balaban J connectivity index is 1.14. The third-order valence-corrected chi connectivity index (χ3v) is 14.3. The Morgan fingerprint density at radius 1 is 0.593 bits per heavy atom. The molecule has 1 aliphatic carbocycles. The van der Waals surface area contributed by atoms with E-state index >= 15 is 0 Å². The predicted molar refractivity (Wildman–Crippen MR) is 235 cm³/mol. The highest BCUT2D eigenvalue weighted by molar-refractivity contribution is 7.18. The van der Waals surface area contributed by atoms with Gasteiger partial charge in [-0.2, -0.15) is 0 Å². The summed E-state index contributed by atoms with van der Waals surface area (Å²) in [5.74, 6) is 0. The van der Waals surface area contributed by atoms with Crippen LogP contribution in [0, 0.1) is 0 Å². The molecule has 0 atom stereocenters. The lowest BCUT2D eigenvalue weighted by atomic mass is 9.90. The molecule has 5 heteroatoms. The molecule has 2 aliphatic rings. The summed E-state index contributed by atoms with van der Waals surface area (Å²) in [6.45, 7) is 4.63. The lowest BCUT2D eigenvalue weighted by Crippen LogP contribution is -2.26. The molecule has 0 N–H and O–H groups in total. The van der Waals surface area contributed by atoms with E-state index in [4.69, 9.17) is 9.98 Å². The van der Waals surface area contributed by atoms with Crippen LogP contribution in [0.25, 0.3) is 53.1 Å². The van der Waals surface area contributed by atoms with E-state index in [0.717, 1.165) is 23.6 Å². The first-order valence-corrected chi connectivity index (χ1v) is 23.2. The maximum Gasteiger partial charge on any atom is 0.151 e. The molecule has 0 unspecified atom stereocenters. The molecule has 3 nitrogen and oxygen atoms in total. The number of benzene rings is 3. The minimum absolute atomic E-state index is 0.275. The minimum atomic E-state index is -0.275. The van der Waals surface area contributed by atoms with Crippen LogP contribution in [0.3, 0.4) is 0 Å². The summed E-state index contributed by atoms with van der Waals surface area (Å²) in [6.07, 6.45) is 24.6. The van der Waals surface area contributed by atoms with Crippen molar-refractivity contribution in [1.82, 2.24) is 4.57 Å². The molecule has 0 radical (unpaired) electrons. The second-order valence-corrected chi connectivity index (χ2v) is 18.2. The number of fused-ring (bicyclic) bond motifs is 4. The van der Waals surface area contributed by atoms with Crippen LogP contribution < -0.4 is 10.7 Å². The maximum absolute atomic E-state index is 5.50. The molecular weight excluding hydrogens is 695 g/mol. The van der Waals surface area contributed by atoms with Crippen LogP contribution in [-0.4, -0.2) is 10.2 Å². The zero-order valence-electron chi connectivity index (χ0n) is 32.8. The van der Waals surface area contributed by atoms with Crippen LogP contribution in [0.4, 0.5) is 0 Å². The second kappa shape index (κ2) is 17.5. The monoisotopic (exact) mass is 753 g/mol. The fourth-order valence-corrected chi connectivity index (χ4v) is 11.1. The molecule has 0 bridgehead atoms. The van der Waals surface area contributed by atoms with Crippen molar-refractivity contribution in [3.63, 3.8) is 0 Å². The molecular formula is C49H59N3S2. The molecule has 282 valence electrons. The van der Waals surface area contributed by atoms with E-state index < -0.39 is 0 Å². The normalized spacial score (nSPS) is 15.0. The predicted octanol–water partition coefficient (Wildman–Crippen LogP) is 14.9. The first kappa shape index (κ1) is 37.4. The van der Waals surface area contributed by atoms with Crippen molar-refractivity contribution in [1.29, 1.82) is 0 Å². The van der Waals surface area contributed by atoms with Crippen molar-refractivity contribution in [3.05, 3.63) is 95.0 Å². The topological polar surface area (TPSA) is 29.6 Å². The van der Waals surface area contributed by atoms with E-state index in [2.05, 4.69) is 103 Å². The third-order valence-electron chi connectivity index (χ3n) is 12.2. The summed E-state index contributed by atoms with van der Waals surface area (Å²) in [6, 6.07) is 30.7. The number of thiophene rings is 2. The van der Waals surface area contributed by atoms with Crippen molar-refractivity contribution in [2.45, 2.75) is 148 Å². The Hall–Kier alpha value is -3.54. The Labute approximate surface area is 331 Å². The first-order valence-electron chi connectivity index (χ1n) is 21.5. The van der Waals surface area contributed by atoms with Gasteiger partial charge in [-0.1, -0.05) is 146 Å². The van der Waals surface area contributed by atoms with Gasteiger partial charge in [0.25, 0.3) is 0 Å². The van der Waals surface area contributed by atoms with Gasteiger partial charge >= 0.3 is 0 Å². The lowest BCUT2D eigenvalue weighted by Gasteiger charge is -2.27. The van der Waals surface area contributed by atoms with E-state index in [0.29, 0.717) is 6.04 Å². The number of unbranched alkanes of at least 4 members (excludes halogenated alkanes) is 10. The van der Waals surface area contributed by atoms with E-state index in [-0.39, 0.29) is 5.66 Å². The third kappa shape index (κ3) is 7.91. The van der Waals surface area contributed by atoms with E-state index in [1.807, 2.05) is 11.3 Å². The molecule has 1 saturated carbocycles. The summed E-state index contributed by atoms with van der Waals surface area (Å²) in [5.41, 5.74) is 6.32. The molecule has 1 fully saturated rings. The molecule has 8 rings (SSSR count). The zero-order chi connectivity index (χ0) is 36.7. The zero-order valence-corrected chi connectivity index (χ0v) is 34.4. The SMILES string of the molecule is CCCCCCCCC(CCCCCCCC)n1c2ccccc2c2ccc(-c3ccc(-c4ccc(-c5cccs5)c5c4=NC4(CCCCC4)N=5)s3)cc21. The molecule has 1 aliphatic heterocycles. The number of nitrogens with zero attached hydrogens (tertiary/aromatic N) is 3. The summed E-state index contributed by atoms with van der Waals surface area (Å²) in [7, 11) is 0. The van der Waals surface area contributed by atoms with Crippen LogP contribution in [-0.2, 0) is 0 Å². The summed E-state index contributed by atoms with van der Waals surface area (Å²) in [5, 5.41) is 7.18. The van der Waals surface area contributed by atoms with Crippen molar-refractivity contribution < 1.29 is 0 Å². The smallest absolute Gasteiger partial charge is 0.151 e. The second-order valence-electron chi connectivity index (χ2n) is 16.2. The van der Waals surface area contributed by atoms with Crippen LogP contribution in [0.5, 0.6) is 0 Å². The fraction of sp³-hybridized carbons (Fsp3) is 0.469. The molecule has 54 heavy (non-hydrogen) atoms. The first-order chi connectivity index (χ1) is 26.7. The van der Waals surface area contributed by atoms with Crippen molar-refractivity contribution in [2.24, 2.45) is 9.98 Å². The number of hydrogen-bond acceptors (Lipinski definition) is 4. The van der Waals surface area contributed by atoms with Crippen molar-refractivity contribution in [3.8, 4) is 31.3 Å². The van der Waals surface area contributed by atoms with Gasteiger partial charge in [0.15, 0.2) is 5.66 Å². The average molecular weight is 754 g/mol. The molecule has 6 aromatic rings. The number of aromatic nitrogens is 1. The van der Waals surface area contributed by atoms with E-state index in [1.165, 1.54) is 162 Å². The summed E-state index contributed by atoms with van der Waals surface area (Å²) < 4.78 is 2.76. The lowest BCUT2D eigenvalue weighted by molar-refractivity contribution is 0.309. The van der Waals surface area contributed by atoms with Gasteiger partial charge in [0.05, 0.1) is 16.2 Å². The van der Waals surface area contributed by atoms with Gasteiger partial charge in [0.1, 0.15) is 0 Å². The molecule has 0 saturated heterocycles. The Morgan fingerprint density at radius 3 is 1.91 bits per heavy atom. The van der Waals surface area contributed by atoms with Gasteiger partial charge < -0.3 is 4.57 Å². The average Bonchev–Trinajstić information content (AvgIpc) is 4.02. The maximum atomic E-state index is 5.50. The van der Waals surface area contributed by atoms with Gasteiger partial charge in [0, 0.05) is 48.1 Å². The van der Waals surface area contributed by atoms with Gasteiger partial charge in [0.2, 0.25) is 0 Å². The Bertz CT molecular complexity index is 2250. The number of rotatable bonds is 18. The summed E-state index contributed by atoms with van der Waals surface area (Å²) >= 11 is 3.71. The van der Waals surface area contributed by atoms with Crippen LogP contribution in [0.1, 0.15) is 142 Å². The van der Waals surface area contributed by atoms with Gasteiger partial charge in [-0.15, -0.1) is 22.7 Å². The van der Waals surface area contributed by atoms with Crippen LogP contribution in [0.2, 0.25) is 0 Å². The Kier molecular flexibility index (Phi) is 12.1. The largest absolute Gasteiger partial charge is 0.337 e. The highest BCUT2D eigenvalue weighted by Crippen LogP contribution is 2.41. The quantitative estimate of drug-likeness (QED) is 0.0783. The van der Waals surface area contributed by atoms with Gasteiger partial charge in [-0.3, -0.25) is 9.98 Å². The van der Waals surface area contributed by atoms with E-state index in [9.17, 15) is 0 Å². The fourth-order valence-electron chi connectivity index (χ4n) is 9.33. The molecule has 0 amide bonds. The highest BCUT2D eigenvalue weighted by Gasteiger charge is 2.34. The Morgan fingerprint density at radius 2 is 1.22 bits per heavy atom. The van der Waals surface area contributed by atoms with E-state index in [1.54, 1.807) is 11.3 Å². The molecule has 4 heterocycles. The van der Waals surface area contributed by atoms with Crippen LogP contribution in [0.15, 0.2) is 94.2 Å².